The largest absolute Gasteiger partial charge is 0.339 e. The second-order valence-corrected chi connectivity index (χ2v) is 10.7. The van der Waals surface area contributed by atoms with Gasteiger partial charge in [0.15, 0.2) is 0 Å². The van der Waals surface area contributed by atoms with Gasteiger partial charge in [0.25, 0.3) is 11.8 Å². The number of hydrogen-bond donors (Lipinski definition) is 0. The molecule has 35 heavy (non-hydrogen) atoms. The summed E-state index contributed by atoms with van der Waals surface area (Å²) in [4.78, 5) is 31.5. The lowest BCUT2D eigenvalue weighted by Crippen LogP contribution is -2.39. The number of thioether (sulfide) groups is 1. The van der Waals surface area contributed by atoms with Gasteiger partial charge < -0.3 is 9.80 Å². The molecule has 0 atom stereocenters. The van der Waals surface area contributed by atoms with Crippen molar-refractivity contribution < 1.29 is 9.59 Å². The van der Waals surface area contributed by atoms with Crippen LogP contribution in [0, 0.1) is 5.92 Å². The first-order valence-electron chi connectivity index (χ1n) is 11.9. The third-order valence-electron chi connectivity index (χ3n) is 6.72. The molecule has 1 fully saturated rings. The molecule has 6 heteroatoms. The second-order valence-electron chi connectivity index (χ2n) is 9.14. The van der Waals surface area contributed by atoms with Crippen LogP contribution < -0.4 is 4.90 Å². The molecule has 1 saturated heterocycles. The van der Waals surface area contributed by atoms with E-state index < -0.39 is 0 Å². The summed E-state index contributed by atoms with van der Waals surface area (Å²) in [5, 5.41) is 0.633. The Labute approximate surface area is 215 Å². The molecular weight excluding hydrogens is 476 g/mol. The number of likely N-dealkylation sites (tertiary alicyclic amines) is 1. The molecule has 2 heterocycles. The lowest BCUT2D eigenvalue weighted by Gasteiger charge is -2.33. The maximum absolute atomic E-state index is 13.3. The Morgan fingerprint density at radius 2 is 1.80 bits per heavy atom. The van der Waals surface area contributed by atoms with Gasteiger partial charge in [-0.3, -0.25) is 9.59 Å². The first-order chi connectivity index (χ1) is 17.0. The van der Waals surface area contributed by atoms with Gasteiger partial charge in [-0.15, -0.1) is 0 Å². The van der Waals surface area contributed by atoms with Gasteiger partial charge >= 0.3 is 0 Å². The lowest BCUT2D eigenvalue weighted by molar-refractivity contribution is -0.114. The maximum atomic E-state index is 13.3. The third-order valence-corrected chi connectivity index (χ3v) is 8.03. The molecule has 0 aromatic heterocycles. The number of carbonyl (C=O) groups excluding carboxylic acids is 2. The van der Waals surface area contributed by atoms with Crippen LogP contribution in [0.2, 0.25) is 5.02 Å². The third kappa shape index (κ3) is 5.31. The van der Waals surface area contributed by atoms with Crippen molar-refractivity contribution >= 4 is 46.9 Å². The summed E-state index contributed by atoms with van der Waals surface area (Å²) in [7, 11) is 1.76. The Bertz CT molecular complexity index is 1280. The molecule has 0 N–H and O–H groups in total. The van der Waals surface area contributed by atoms with E-state index in [9.17, 15) is 9.59 Å². The first-order valence-corrected chi connectivity index (χ1v) is 13.1. The molecule has 0 bridgehead atoms. The zero-order chi connectivity index (χ0) is 24.4. The number of piperidine rings is 1. The molecule has 5 rings (SSSR count). The molecule has 0 unspecified atom stereocenters. The highest BCUT2D eigenvalue weighted by molar-refractivity contribution is 8.04. The standard InChI is InChI=1S/C29H27ClN2O2S/c1-31-25-19-23(28(33)32-14-12-21(13-15-32)16-20-6-3-2-4-7-20)10-11-26(25)35-27(29(31)34)18-22-8-5-9-24(30)17-22/h2-11,17-19,21H,12-16H2,1H3. The van der Waals surface area contributed by atoms with Gasteiger partial charge in [-0.05, 0) is 72.7 Å². The summed E-state index contributed by atoms with van der Waals surface area (Å²) >= 11 is 7.53. The van der Waals surface area contributed by atoms with Gasteiger partial charge in [0.1, 0.15) is 0 Å². The SMILES string of the molecule is CN1C(=O)C(=Cc2cccc(Cl)c2)Sc2ccc(C(=O)N3CCC(Cc4ccccc4)CC3)cc21. The highest BCUT2D eigenvalue weighted by Crippen LogP contribution is 2.42. The number of halogens is 1. The average molecular weight is 503 g/mol. The van der Waals surface area contributed by atoms with Crippen molar-refractivity contribution in [2.45, 2.75) is 24.2 Å². The number of hydrogen-bond acceptors (Lipinski definition) is 3. The van der Waals surface area contributed by atoms with Crippen molar-refractivity contribution in [1.29, 1.82) is 0 Å². The van der Waals surface area contributed by atoms with Crippen molar-refractivity contribution in [3.63, 3.8) is 0 Å². The number of amides is 2. The molecule has 0 spiro atoms. The van der Waals surface area contributed by atoms with E-state index in [1.165, 1.54) is 17.3 Å². The predicted octanol–water partition coefficient (Wildman–Crippen LogP) is 6.54. The molecule has 2 aliphatic rings. The summed E-state index contributed by atoms with van der Waals surface area (Å²) in [6.45, 7) is 1.53. The van der Waals surface area contributed by atoms with E-state index in [4.69, 9.17) is 11.6 Å². The van der Waals surface area contributed by atoms with Crippen molar-refractivity contribution in [2.24, 2.45) is 5.92 Å². The number of likely N-dealkylation sites (N-methyl/N-ethyl adjacent to an activating group) is 1. The van der Waals surface area contributed by atoms with Gasteiger partial charge in [-0.1, -0.05) is 65.8 Å². The highest BCUT2D eigenvalue weighted by Gasteiger charge is 2.29. The van der Waals surface area contributed by atoms with E-state index in [0.29, 0.717) is 21.4 Å². The summed E-state index contributed by atoms with van der Waals surface area (Å²) in [6.07, 6.45) is 4.95. The van der Waals surface area contributed by atoms with E-state index in [1.807, 2.05) is 59.5 Å². The summed E-state index contributed by atoms with van der Waals surface area (Å²) in [6, 6.07) is 23.7. The van der Waals surface area contributed by atoms with Crippen LogP contribution in [0.5, 0.6) is 0 Å². The molecule has 0 radical (unpaired) electrons. The van der Waals surface area contributed by atoms with E-state index in [0.717, 1.165) is 48.5 Å². The van der Waals surface area contributed by atoms with Crippen molar-refractivity contribution in [2.75, 3.05) is 25.0 Å². The molecule has 2 amide bonds. The summed E-state index contributed by atoms with van der Waals surface area (Å²) in [5.41, 5.74) is 3.65. The average Bonchev–Trinajstić information content (AvgIpc) is 2.88. The molecule has 3 aromatic carbocycles. The van der Waals surface area contributed by atoms with Gasteiger partial charge in [-0.2, -0.15) is 0 Å². The van der Waals surface area contributed by atoms with E-state index >= 15 is 0 Å². The second kappa shape index (κ2) is 10.3. The Morgan fingerprint density at radius 1 is 1.03 bits per heavy atom. The van der Waals surface area contributed by atoms with Crippen LogP contribution in [0.1, 0.15) is 34.3 Å². The van der Waals surface area contributed by atoms with Crippen LogP contribution in [0.25, 0.3) is 6.08 Å². The van der Waals surface area contributed by atoms with Crippen LogP contribution in [-0.2, 0) is 11.2 Å². The number of carbonyl (C=O) groups is 2. The van der Waals surface area contributed by atoms with E-state index in [-0.39, 0.29) is 11.8 Å². The molecule has 2 aliphatic heterocycles. The van der Waals surface area contributed by atoms with Crippen LogP contribution in [0.4, 0.5) is 5.69 Å². The maximum Gasteiger partial charge on any atom is 0.264 e. The van der Waals surface area contributed by atoms with Gasteiger partial charge in [0.2, 0.25) is 0 Å². The molecule has 0 aliphatic carbocycles. The molecular formula is C29H27ClN2O2S. The van der Waals surface area contributed by atoms with Crippen LogP contribution in [-0.4, -0.2) is 36.9 Å². The molecule has 4 nitrogen and oxygen atoms in total. The van der Waals surface area contributed by atoms with Crippen LogP contribution >= 0.6 is 23.4 Å². The minimum absolute atomic E-state index is 0.0390. The zero-order valence-electron chi connectivity index (χ0n) is 19.6. The minimum Gasteiger partial charge on any atom is -0.339 e. The van der Waals surface area contributed by atoms with Crippen molar-refractivity contribution in [3.05, 3.63) is 99.4 Å². The van der Waals surface area contributed by atoms with Crippen molar-refractivity contribution in [3.8, 4) is 0 Å². The highest BCUT2D eigenvalue weighted by atomic mass is 35.5. The number of fused-ring (bicyclic) bond motifs is 1. The molecule has 3 aromatic rings. The molecule has 0 saturated carbocycles. The minimum atomic E-state index is -0.0891. The van der Waals surface area contributed by atoms with Gasteiger partial charge in [0.05, 0.1) is 10.6 Å². The van der Waals surface area contributed by atoms with Crippen LogP contribution in [0.15, 0.2) is 82.6 Å². The normalized spacial score (nSPS) is 17.5. The summed E-state index contributed by atoms with van der Waals surface area (Å²) < 4.78 is 0. The topological polar surface area (TPSA) is 40.6 Å². The molecule has 178 valence electrons. The van der Waals surface area contributed by atoms with Gasteiger partial charge in [0, 0.05) is 35.6 Å². The quantitative estimate of drug-likeness (QED) is 0.380. The summed E-state index contributed by atoms with van der Waals surface area (Å²) in [5.74, 6) is 0.556. The van der Waals surface area contributed by atoms with Gasteiger partial charge in [-0.25, -0.2) is 0 Å². The van der Waals surface area contributed by atoms with E-state index in [1.54, 1.807) is 11.9 Å². The first kappa shape index (κ1) is 23.7. The van der Waals surface area contributed by atoms with Crippen LogP contribution in [0.3, 0.4) is 0 Å². The predicted molar refractivity (Wildman–Crippen MR) is 144 cm³/mol. The fourth-order valence-corrected chi connectivity index (χ4v) is 6.04. The monoisotopic (exact) mass is 502 g/mol. The van der Waals surface area contributed by atoms with Crippen molar-refractivity contribution in [1.82, 2.24) is 4.90 Å². The zero-order valence-corrected chi connectivity index (χ0v) is 21.2. The number of rotatable bonds is 4. The lowest BCUT2D eigenvalue weighted by atomic mass is 9.90. The van der Waals surface area contributed by atoms with E-state index in [2.05, 4.69) is 24.3 Å². The Kier molecular flexibility index (Phi) is 6.98. The number of benzene rings is 3. The Balaban J connectivity index is 1.28. The smallest absolute Gasteiger partial charge is 0.264 e. The number of nitrogens with zero attached hydrogens (tertiary/aromatic N) is 2. The number of anilines is 1. The fourth-order valence-electron chi connectivity index (χ4n) is 4.74. The Hall–Kier alpha value is -3.02. The Morgan fingerprint density at radius 3 is 2.54 bits per heavy atom. The fraction of sp³-hybridized carbons (Fsp3) is 0.241.